The van der Waals surface area contributed by atoms with Crippen LogP contribution in [0.1, 0.15) is 36.8 Å². The van der Waals surface area contributed by atoms with E-state index in [1.54, 1.807) is 24.3 Å². The van der Waals surface area contributed by atoms with Gasteiger partial charge in [-0.3, -0.25) is 9.44 Å². The van der Waals surface area contributed by atoms with Crippen molar-refractivity contribution < 1.29 is 27.0 Å². The molecule has 0 unspecified atom stereocenters. The van der Waals surface area contributed by atoms with Crippen molar-refractivity contribution in [1.82, 2.24) is 10.6 Å². The maximum Gasteiger partial charge on any atom is 0.229 e. The monoisotopic (exact) mass is 542 g/mol. The third-order valence-electron chi connectivity index (χ3n) is 5.35. The number of hydrogen-bond acceptors (Lipinski definition) is 8. The summed E-state index contributed by atoms with van der Waals surface area (Å²) in [5.41, 5.74) is 2.26. The fourth-order valence-corrected chi connectivity index (χ4v) is 4.74. The van der Waals surface area contributed by atoms with Crippen LogP contribution in [0.25, 0.3) is 0 Å². The molecule has 2 aromatic rings. The molecule has 2 rings (SSSR count). The van der Waals surface area contributed by atoms with Crippen molar-refractivity contribution in [3.05, 3.63) is 47.5 Å². The molecule has 0 saturated heterocycles. The maximum atomic E-state index is 11.4. The minimum Gasteiger partial charge on any atom is -0.506 e. The second-order valence-corrected chi connectivity index (χ2v) is 12.4. The lowest BCUT2D eigenvalue weighted by atomic mass is 10.1. The number of phenols is 2. The molecule has 0 radical (unpaired) electrons. The summed E-state index contributed by atoms with van der Waals surface area (Å²) in [5.74, 6) is -0.189. The highest BCUT2D eigenvalue weighted by Gasteiger charge is 2.09. The quantitative estimate of drug-likeness (QED) is 0.131. The lowest BCUT2D eigenvalue weighted by molar-refractivity contribution is 0.477. The number of rotatable bonds is 17. The van der Waals surface area contributed by atoms with Gasteiger partial charge < -0.3 is 20.8 Å². The number of nitrogens with one attached hydrogen (secondary N) is 4. The maximum absolute atomic E-state index is 11.4. The van der Waals surface area contributed by atoms with Crippen molar-refractivity contribution >= 4 is 31.4 Å². The van der Waals surface area contributed by atoms with Gasteiger partial charge in [-0.1, -0.05) is 25.0 Å². The van der Waals surface area contributed by atoms with Gasteiger partial charge in [0, 0.05) is 0 Å². The Bertz CT molecular complexity index is 1090. The number of aromatic hydroxyl groups is 2. The Kier molecular flexibility index (Phi) is 11.8. The van der Waals surface area contributed by atoms with Crippen LogP contribution in [0.3, 0.4) is 0 Å². The van der Waals surface area contributed by atoms with E-state index in [0.29, 0.717) is 0 Å². The van der Waals surface area contributed by atoms with Crippen LogP contribution in [0.5, 0.6) is 11.5 Å². The molecule has 0 heterocycles. The molecule has 0 aliphatic rings. The minimum atomic E-state index is -3.44. The first-order chi connectivity index (χ1) is 16.9. The van der Waals surface area contributed by atoms with Crippen LogP contribution in [0.4, 0.5) is 11.4 Å². The summed E-state index contributed by atoms with van der Waals surface area (Å²) in [4.78, 5) is 0. The van der Waals surface area contributed by atoms with Crippen LogP contribution < -0.4 is 20.1 Å². The number of phenolic OH excluding ortho intramolecular Hbond substituents is 2. The molecule has 0 atom stereocenters. The fraction of sp³-hybridized carbons (Fsp3) is 0.500. The van der Waals surface area contributed by atoms with E-state index in [9.17, 15) is 27.0 Å². The van der Waals surface area contributed by atoms with E-state index in [2.05, 4.69) is 20.1 Å². The summed E-state index contributed by atoms with van der Waals surface area (Å²) in [6.45, 7) is 3.35. The number of unbranched alkanes of at least 4 members (excludes halogenated alkanes) is 3. The van der Waals surface area contributed by atoms with Crippen LogP contribution in [0.2, 0.25) is 0 Å². The van der Waals surface area contributed by atoms with E-state index in [1.807, 2.05) is 0 Å². The number of anilines is 2. The zero-order chi connectivity index (χ0) is 26.6. The fourth-order valence-electron chi connectivity index (χ4n) is 3.61. The van der Waals surface area contributed by atoms with E-state index >= 15 is 0 Å². The molecule has 0 aliphatic carbocycles. The highest BCUT2D eigenvalue weighted by Crippen LogP contribution is 2.26. The zero-order valence-electron chi connectivity index (χ0n) is 20.9. The Balaban J connectivity index is 1.51. The number of hydrogen-bond donors (Lipinski definition) is 6. The van der Waals surface area contributed by atoms with Crippen molar-refractivity contribution in [2.24, 2.45) is 0 Å². The first-order valence-corrected chi connectivity index (χ1v) is 15.7. The lowest BCUT2D eigenvalue weighted by Crippen LogP contribution is -2.19. The smallest absolute Gasteiger partial charge is 0.229 e. The third-order valence-corrected chi connectivity index (χ3v) is 6.53. The van der Waals surface area contributed by atoms with Gasteiger partial charge in [-0.2, -0.15) is 0 Å². The molecular formula is C24H38N4O6S2. The Labute approximate surface area is 214 Å². The lowest BCUT2D eigenvalue weighted by Gasteiger charge is -2.10. The van der Waals surface area contributed by atoms with Gasteiger partial charge in [-0.05, 0) is 87.3 Å². The summed E-state index contributed by atoms with van der Waals surface area (Å²) in [6.07, 6.45) is 7.94. The van der Waals surface area contributed by atoms with Crippen LogP contribution in [0.15, 0.2) is 36.4 Å². The molecule has 0 aromatic heterocycles. The van der Waals surface area contributed by atoms with Crippen molar-refractivity contribution in [3.8, 4) is 11.5 Å². The Hall–Kier alpha value is -2.54. The van der Waals surface area contributed by atoms with Crippen LogP contribution >= 0.6 is 0 Å². The van der Waals surface area contributed by atoms with Gasteiger partial charge in [0.05, 0.1) is 23.9 Å². The Morgan fingerprint density at radius 2 is 1.00 bits per heavy atom. The predicted molar refractivity (Wildman–Crippen MR) is 145 cm³/mol. The molecule has 0 fully saturated rings. The summed E-state index contributed by atoms with van der Waals surface area (Å²) >= 11 is 0. The molecule has 10 nitrogen and oxygen atoms in total. The summed E-state index contributed by atoms with van der Waals surface area (Å²) in [6, 6.07) is 9.86. The molecule has 202 valence electrons. The number of benzene rings is 2. The van der Waals surface area contributed by atoms with E-state index in [1.165, 1.54) is 12.1 Å². The Morgan fingerprint density at radius 1 is 0.611 bits per heavy atom. The average Bonchev–Trinajstić information content (AvgIpc) is 2.76. The van der Waals surface area contributed by atoms with Crippen LogP contribution in [-0.4, -0.2) is 65.7 Å². The van der Waals surface area contributed by atoms with Gasteiger partial charge in [0.1, 0.15) is 11.5 Å². The first-order valence-electron chi connectivity index (χ1n) is 11.9. The summed E-state index contributed by atoms with van der Waals surface area (Å²) in [5, 5.41) is 26.4. The van der Waals surface area contributed by atoms with Gasteiger partial charge >= 0.3 is 0 Å². The van der Waals surface area contributed by atoms with Crippen LogP contribution in [-0.2, 0) is 32.9 Å². The van der Waals surface area contributed by atoms with Gasteiger partial charge in [-0.15, -0.1) is 0 Å². The highest BCUT2D eigenvalue weighted by molar-refractivity contribution is 7.92. The van der Waals surface area contributed by atoms with E-state index in [0.717, 1.165) is 88.3 Å². The SMILES string of the molecule is CS(=O)(=O)Nc1cc(CCNCCCCCCNCCc2ccc(O)c(NS(C)(=O)=O)c2)ccc1O. The predicted octanol–water partition coefficient (Wildman–Crippen LogP) is 2.37. The third kappa shape index (κ3) is 12.4. The van der Waals surface area contributed by atoms with E-state index in [-0.39, 0.29) is 22.9 Å². The molecule has 0 amide bonds. The average molecular weight is 543 g/mol. The molecule has 0 bridgehead atoms. The summed E-state index contributed by atoms with van der Waals surface area (Å²) in [7, 11) is -6.89. The zero-order valence-corrected chi connectivity index (χ0v) is 22.5. The Morgan fingerprint density at radius 3 is 1.36 bits per heavy atom. The van der Waals surface area contributed by atoms with Crippen molar-refractivity contribution in [2.75, 3.05) is 48.1 Å². The summed E-state index contributed by atoms with van der Waals surface area (Å²) < 4.78 is 50.1. The highest BCUT2D eigenvalue weighted by atomic mass is 32.2. The van der Waals surface area contributed by atoms with Crippen molar-refractivity contribution in [1.29, 1.82) is 0 Å². The second-order valence-electron chi connectivity index (χ2n) is 8.87. The molecule has 0 spiro atoms. The molecule has 0 saturated carbocycles. The second kappa shape index (κ2) is 14.3. The van der Waals surface area contributed by atoms with E-state index < -0.39 is 20.0 Å². The van der Waals surface area contributed by atoms with Gasteiger partial charge in [0.2, 0.25) is 20.0 Å². The topological polar surface area (TPSA) is 157 Å². The molecular weight excluding hydrogens is 504 g/mol. The van der Waals surface area contributed by atoms with Gasteiger partial charge in [0.25, 0.3) is 0 Å². The van der Waals surface area contributed by atoms with E-state index in [4.69, 9.17) is 0 Å². The standard InChI is InChI=1S/C24H38N4O6S2/c1-35(31,32)27-21-17-19(7-9-23(21)29)11-15-25-13-5-3-4-6-14-26-16-12-20-8-10-24(30)22(18-20)28-36(2,33)34/h7-10,17-18,25-30H,3-6,11-16H2,1-2H3. The molecule has 12 heteroatoms. The van der Waals surface area contributed by atoms with Crippen LogP contribution in [0, 0.1) is 0 Å². The van der Waals surface area contributed by atoms with Gasteiger partial charge in [0.15, 0.2) is 0 Å². The molecule has 6 N–H and O–H groups in total. The minimum absolute atomic E-state index is 0.0944. The first kappa shape index (κ1) is 29.7. The molecule has 0 aliphatic heterocycles. The normalized spacial score (nSPS) is 11.9. The largest absolute Gasteiger partial charge is 0.506 e. The molecule has 2 aromatic carbocycles. The van der Waals surface area contributed by atoms with Crippen molar-refractivity contribution in [3.63, 3.8) is 0 Å². The van der Waals surface area contributed by atoms with Gasteiger partial charge in [-0.25, -0.2) is 16.8 Å². The van der Waals surface area contributed by atoms with Crippen molar-refractivity contribution in [2.45, 2.75) is 38.5 Å². The number of sulfonamides is 2. The molecule has 36 heavy (non-hydrogen) atoms.